The maximum Gasteiger partial charge on any atom is 0.163 e. The highest BCUT2D eigenvalue weighted by Crippen LogP contribution is 2.33. The largest absolute Gasteiger partial charge is 0.486 e. The van der Waals surface area contributed by atoms with E-state index in [0.717, 1.165) is 36.6 Å². The van der Waals surface area contributed by atoms with Gasteiger partial charge in [-0.15, -0.1) is 0 Å². The Morgan fingerprint density at radius 3 is 2.74 bits per heavy atom. The zero-order valence-corrected chi connectivity index (χ0v) is 11.6. The Bertz CT molecular complexity index is 459. The summed E-state index contributed by atoms with van der Waals surface area (Å²) in [6.07, 6.45) is 2.54. The van der Waals surface area contributed by atoms with Gasteiger partial charge >= 0.3 is 0 Å². The van der Waals surface area contributed by atoms with Crippen LogP contribution in [0.4, 0.5) is 5.69 Å². The Morgan fingerprint density at radius 1 is 1.21 bits per heavy atom. The van der Waals surface area contributed by atoms with E-state index < -0.39 is 0 Å². The van der Waals surface area contributed by atoms with Crippen LogP contribution >= 0.6 is 0 Å². The predicted molar refractivity (Wildman–Crippen MR) is 74.1 cm³/mol. The van der Waals surface area contributed by atoms with Crippen molar-refractivity contribution in [1.29, 1.82) is 0 Å². The summed E-state index contributed by atoms with van der Waals surface area (Å²) in [5, 5.41) is 3.41. The number of nitrogens with one attached hydrogen (secondary N) is 1. The molecule has 2 aliphatic heterocycles. The third-order valence-electron chi connectivity index (χ3n) is 3.63. The summed E-state index contributed by atoms with van der Waals surface area (Å²) in [4.78, 5) is 0. The summed E-state index contributed by atoms with van der Waals surface area (Å²) in [5.74, 6) is 1.65. The van der Waals surface area contributed by atoms with Crippen LogP contribution in [0.15, 0.2) is 18.2 Å². The average molecular weight is 263 g/mol. The summed E-state index contributed by atoms with van der Waals surface area (Å²) in [6.45, 7) is 6.39. The maximum atomic E-state index is 5.96. The summed E-state index contributed by atoms with van der Waals surface area (Å²) in [5.41, 5.74) is 1.08. The van der Waals surface area contributed by atoms with Crippen LogP contribution in [0.3, 0.4) is 0 Å². The zero-order chi connectivity index (χ0) is 13.3. The van der Waals surface area contributed by atoms with E-state index in [2.05, 4.69) is 19.2 Å². The average Bonchev–Trinajstić information content (AvgIpc) is 2.76. The molecule has 2 heterocycles. The molecule has 1 atom stereocenters. The standard InChI is InChI=1S/C15H21NO3/c1-15(2)6-5-12(19-15)10-16-11-3-4-13-14(9-11)18-8-7-17-13/h3-4,9,12,16H,5-8,10H2,1-2H3. The fourth-order valence-electron chi connectivity index (χ4n) is 2.61. The van der Waals surface area contributed by atoms with E-state index in [-0.39, 0.29) is 5.60 Å². The first kappa shape index (κ1) is 12.6. The molecule has 1 N–H and O–H groups in total. The summed E-state index contributed by atoms with van der Waals surface area (Å²) >= 11 is 0. The molecule has 1 aromatic carbocycles. The molecule has 0 bridgehead atoms. The molecule has 2 aliphatic rings. The number of hydrogen-bond acceptors (Lipinski definition) is 4. The van der Waals surface area contributed by atoms with Crippen molar-refractivity contribution < 1.29 is 14.2 Å². The Balaban J connectivity index is 1.58. The molecule has 1 saturated heterocycles. The Hall–Kier alpha value is -1.42. The number of benzene rings is 1. The molecule has 3 rings (SSSR count). The fraction of sp³-hybridized carbons (Fsp3) is 0.600. The van der Waals surface area contributed by atoms with Crippen molar-refractivity contribution in [3.05, 3.63) is 18.2 Å². The molecule has 19 heavy (non-hydrogen) atoms. The molecule has 0 amide bonds. The second kappa shape index (κ2) is 4.93. The van der Waals surface area contributed by atoms with Crippen LogP contribution in [-0.2, 0) is 4.74 Å². The number of ether oxygens (including phenoxy) is 3. The van der Waals surface area contributed by atoms with E-state index in [9.17, 15) is 0 Å². The molecule has 1 unspecified atom stereocenters. The van der Waals surface area contributed by atoms with Crippen LogP contribution in [-0.4, -0.2) is 31.5 Å². The van der Waals surface area contributed by atoms with Crippen LogP contribution < -0.4 is 14.8 Å². The lowest BCUT2D eigenvalue weighted by molar-refractivity contribution is -0.00911. The second-order valence-electron chi connectivity index (χ2n) is 5.78. The van der Waals surface area contributed by atoms with Crippen molar-refractivity contribution in [2.45, 2.75) is 38.4 Å². The van der Waals surface area contributed by atoms with Crippen molar-refractivity contribution >= 4 is 5.69 Å². The van der Waals surface area contributed by atoms with E-state index in [4.69, 9.17) is 14.2 Å². The number of fused-ring (bicyclic) bond motifs is 1. The van der Waals surface area contributed by atoms with E-state index in [1.165, 1.54) is 0 Å². The molecule has 4 heteroatoms. The number of anilines is 1. The Morgan fingerprint density at radius 2 is 2.00 bits per heavy atom. The van der Waals surface area contributed by atoms with Crippen LogP contribution in [0.1, 0.15) is 26.7 Å². The topological polar surface area (TPSA) is 39.7 Å². The fourth-order valence-corrected chi connectivity index (χ4v) is 2.61. The van der Waals surface area contributed by atoms with E-state index in [1.54, 1.807) is 0 Å². The Kier molecular flexibility index (Phi) is 3.27. The van der Waals surface area contributed by atoms with Gasteiger partial charge < -0.3 is 19.5 Å². The number of hydrogen-bond donors (Lipinski definition) is 1. The lowest BCUT2D eigenvalue weighted by Gasteiger charge is -2.21. The minimum absolute atomic E-state index is 0.0269. The van der Waals surface area contributed by atoms with Gasteiger partial charge in [0.15, 0.2) is 11.5 Å². The highest BCUT2D eigenvalue weighted by atomic mass is 16.6. The zero-order valence-electron chi connectivity index (χ0n) is 11.6. The lowest BCUT2D eigenvalue weighted by atomic mass is 10.1. The van der Waals surface area contributed by atoms with Crippen LogP contribution in [0.2, 0.25) is 0 Å². The van der Waals surface area contributed by atoms with Gasteiger partial charge in [0.25, 0.3) is 0 Å². The first-order chi connectivity index (χ1) is 9.12. The normalized spacial score (nSPS) is 24.2. The van der Waals surface area contributed by atoms with Crippen molar-refractivity contribution in [2.75, 3.05) is 25.1 Å². The summed E-state index contributed by atoms with van der Waals surface area (Å²) in [6, 6.07) is 5.97. The molecule has 0 saturated carbocycles. The molecule has 4 nitrogen and oxygen atoms in total. The minimum Gasteiger partial charge on any atom is -0.486 e. The predicted octanol–water partition coefficient (Wildman–Crippen LogP) is 2.83. The monoisotopic (exact) mass is 263 g/mol. The van der Waals surface area contributed by atoms with Gasteiger partial charge in [-0.05, 0) is 38.8 Å². The van der Waals surface area contributed by atoms with Gasteiger partial charge in [0.1, 0.15) is 13.2 Å². The molecular weight excluding hydrogens is 242 g/mol. The van der Waals surface area contributed by atoms with Crippen LogP contribution in [0.25, 0.3) is 0 Å². The SMILES string of the molecule is CC1(C)CCC(CNc2ccc3c(c2)OCCO3)O1. The molecule has 0 spiro atoms. The molecule has 0 radical (unpaired) electrons. The van der Waals surface area contributed by atoms with Gasteiger partial charge in [-0.3, -0.25) is 0 Å². The summed E-state index contributed by atoms with van der Waals surface area (Å²) < 4.78 is 17.0. The first-order valence-corrected chi connectivity index (χ1v) is 6.94. The van der Waals surface area contributed by atoms with E-state index >= 15 is 0 Å². The van der Waals surface area contributed by atoms with Crippen molar-refractivity contribution in [1.82, 2.24) is 0 Å². The minimum atomic E-state index is 0.0269. The second-order valence-corrected chi connectivity index (χ2v) is 5.78. The number of rotatable bonds is 3. The summed E-state index contributed by atoms with van der Waals surface area (Å²) in [7, 11) is 0. The van der Waals surface area contributed by atoms with Gasteiger partial charge in [0, 0.05) is 18.3 Å². The highest BCUT2D eigenvalue weighted by molar-refractivity contribution is 5.55. The Labute approximate surface area is 114 Å². The molecule has 104 valence electrons. The maximum absolute atomic E-state index is 5.96. The highest BCUT2D eigenvalue weighted by Gasteiger charge is 2.31. The molecule has 1 fully saturated rings. The third-order valence-corrected chi connectivity index (χ3v) is 3.63. The third kappa shape index (κ3) is 2.95. The van der Waals surface area contributed by atoms with Gasteiger partial charge in [0.05, 0.1) is 11.7 Å². The van der Waals surface area contributed by atoms with Gasteiger partial charge in [-0.25, -0.2) is 0 Å². The molecule has 0 aromatic heterocycles. The smallest absolute Gasteiger partial charge is 0.163 e. The van der Waals surface area contributed by atoms with Crippen LogP contribution in [0, 0.1) is 0 Å². The van der Waals surface area contributed by atoms with Gasteiger partial charge in [0.2, 0.25) is 0 Å². The van der Waals surface area contributed by atoms with Crippen molar-refractivity contribution in [3.63, 3.8) is 0 Å². The van der Waals surface area contributed by atoms with Crippen LogP contribution in [0.5, 0.6) is 11.5 Å². The molecule has 1 aromatic rings. The van der Waals surface area contributed by atoms with Gasteiger partial charge in [-0.2, -0.15) is 0 Å². The van der Waals surface area contributed by atoms with Gasteiger partial charge in [-0.1, -0.05) is 0 Å². The molecule has 0 aliphatic carbocycles. The van der Waals surface area contributed by atoms with Crippen molar-refractivity contribution in [2.24, 2.45) is 0 Å². The van der Waals surface area contributed by atoms with E-state index in [1.807, 2.05) is 18.2 Å². The van der Waals surface area contributed by atoms with Crippen molar-refractivity contribution in [3.8, 4) is 11.5 Å². The first-order valence-electron chi connectivity index (χ1n) is 6.94. The quantitative estimate of drug-likeness (QED) is 0.910. The van der Waals surface area contributed by atoms with E-state index in [0.29, 0.717) is 19.3 Å². The lowest BCUT2D eigenvalue weighted by Crippen LogP contribution is -2.24. The molecular formula is C15H21NO3.